The summed E-state index contributed by atoms with van der Waals surface area (Å²) in [4.78, 5) is 0. The summed E-state index contributed by atoms with van der Waals surface area (Å²) in [5.74, 6) is 0.765. The van der Waals surface area contributed by atoms with Crippen molar-refractivity contribution < 1.29 is 9.84 Å². The molecule has 1 heterocycles. The van der Waals surface area contributed by atoms with Crippen molar-refractivity contribution in [2.75, 3.05) is 6.61 Å². The third kappa shape index (κ3) is 1.57. The SMILES string of the molecule is NC1c2cc(Br)ccc2OCC1O. The minimum Gasteiger partial charge on any atom is -0.490 e. The molecule has 0 saturated heterocycles. The van der Waals surface area contributed by atoms with Gasteiger partial charge in [0.2, 0.25) is 0 Å². The molecule has 1 aliphatic heterocycles. The van der Waals surface area contributed by atoms with Gasteiger partial charge in [0.15, 0.2) is 0 Å². The van der Waals surface area contributed by atoms with E-state index in [0.29, 0.717) is 0 Å². The predicted octanol–water partition coefficient (Wildman–Crippen LogP) is 1.20. The van der Waals surface area contributed by atoms with Crippen LogP contribution in [0.3, 0.4) is 0 Å². The number of hydrogen-bond acceptors (Lipinski definition) is 3. The quantitative estimate of drug-likeness (QED) is 0.721. The van der Waals surface area contributed by atoms with Gasteiger partial charge < -0.3 is 15.6 Å². The van der Waals surface area contributed by atoms with E-state index >= 15 is 0 Å². The van der Waals surface area contributed by atoms with E-state index in [4.69, 9.17) is 10.5 Å². The molecule has 0 radical (unpaired) electrons. The fourth-order valence-electron chi connectivity index (χ4n) is 1.40. The molecule has 0 aliphatic carbocycles. The van der Waals surface area contributed by atoms with E-state index in [9.17, 15) is 5.11 Å². The summed E-state index contributed by atoms with van der Waals surface area (Å²) in [6.45, 7) is 0.274. The van der Waals surface area contributed by atoms with Crippen LogP contribution in [0.25, 0.3) is 0 Å². The van der Waals surface area contributed by atoms with Gasteiger partial charge in [0.05, 0.1) is 6.04 Å². The van der Waals surface area contributed by atoms with Crippen molar-refractivity contribution in [3.05, 3.63) is 28.2 Å². The molecule has 2 rings (SSSR count). The third-order valence-electron chi connectivity index (χ3n) is 2.16. The number of aliphatic hydroxyl groups is 1. The molecule has 3 N–H and O–H groups in total. The number of rotatable bonds is 0. The topological polar surface area (TPSA) is 55.5 Å². The Morgan fingerprint density at radius 2 is 2.31 bits per heavy atom. The molecule has 2 atom stereocenters. The lowest BCUT2D eigenvalue weighted by Crippen LogP contribution is -2.35. The maximum atomic E-state index is 9.45. The minimum atomic E-state index is -0.609. The van der Waals surface area contributed by atoms with Crippen LogP contribution in [0, 0.1) is 0 Å². The highest BCUT2D eigenvalue weighted by Crippen LogP contribution is 2.32. The molecule has 3 nitrogen and oxygen atoms in total. The minimum absolute atomic E-state index is 0.274. The highest BCUT2D eigenvalue weighted by Gasteiger charge is 2.26. The Morgan fingerprint density at radius 1 is 1.54 bits per heavy atom. The zero-order chi connectivity index (χ0) is 9.42. The summed E-state index contributed by atoms with van der Waals surface area (Å²) in [6.07, 6.45) is -0.609. The summed E-state index contributed by atoms with van der Waals surface area (Å²) < 4.78 is 6.25. The van der Waals surface area contributed by atoms with Crippen molar-refractivity contribution in [1.82, 2.24) is 0 Å². The van der Waals surface area contributed by atoms with Crippen LogP contribution in [-0.4, -0.2) is 17.8 Å². The molecule has 0 spiro atoms. The summed E-state index contributed by atoms with van der Waals surface area (Å²) in [6, 6.07) is 5.28. The van der Waals surface area contributed by atoms with E-state index in [1.807, 2.05) is 18.2 Å². The maximum absolute atomic E-state index is 9.45. The number of ether oxygens (including phenoxy) is 1. The molecule has 0 amide bonds. The summed E-state index contributed by atoms with van der Waals surface area (Å²) in [5.41, 5.74) is 6.66. The fraction of sp³-hybridized carbons (Fsp3) is 0.333. The fourth-order valence-corrected chi connectivity index (χ4v) is 1.78. The van der Waals surface area contributed by atoms with E-state index in [0.717, 1.165) is 15.8 Å². The van der Waals surface area contributed by atoms with E-state index in [1.54, 1.807) is 0 Å². The lowest BCUT2D eigenvalue weighted by Gasteiger charge is -2.27. The summed E-state index contributed by atoms with van der Waals surface area (Å²) in [5, 5.41) is 9.45. The first-order chi connectivity index (χ1) is 6.18. The van der Waals surface area contributed by atoms with Crippen LogP contribution < -0.4 is 10.5 Å². The zero-order valence-electron chi connectivity index (χ0n) is 6.90. The molecular weight excluding hydrogens is 234 g/mol. The standard InChI is InChI=1S/C9H10BrNO2/c10-5-1-2-8-6(3-5)9(11)7(12)4-13-8/h1-3,7,9,12H,4,11H2. The van der Waals surface area contributed by atoms with E-state index < -0.39 is 6.10 Å². The van der Waals surface area contributed by atoms with Gasteiger partial charge in [0.1, 0.15) is 18.5 Å². The normalized spacial score (nSPS) is 26.4. The molecule has 70 valence electrons. The van der Waals surface area contributed by atoms with Gasteiger partial charge in [-0.3, -0.25) is 0 Å². The zero-order valence-corrected chi connectivity index (χ0v) is 8.49. The van der Waals surface area contributed by atoms with Crippen molar-refractivity contribution in [2.45, 2.75) is 12.1 Å². The molecule has 13 heavy (non-hydrogen) atoms. The van der Waals surface area contributed by atoms with Crippen molar-refractivity contribution in [2.24, 2.45) is 5.73 Å². The Labute approximate surface area is 84.6 Å². The lowest BCUT2D eigenvalue weighted by molar-refractivity contribution is 0.0678. The van der Waals surface area contributed by atoms with Gasteiger partial charge >= 0.3 is 0 Å². The number of fused-ring (bicyclic) bond motifs is 1. The number of halogens is 1. The van der Waals surface area contributed by atoms with E-state index in [-0.39, 0.29) is 12.6 Å². The summed E-state index contributed by atoms with van der Waals surface area (Å²) >= 11 is 3.35. The Bertz CT molecular complexity index is 329. The lowest BCUT2D eigenvalue weighted by atomic mass is 9.99. The van der Waals surface area contributed by atoms with E-state index in [2.05, 4.69) is 15.9 Å². The first-order valence-corrected chi connectivity index (χ1v) is 4.83. The summed E-state index contributed by atoms with van der Waals surface area (Å²) in [7, 11) is 0. The molecule has 2 unspecified atom stereocenters. The van der Waals surface area contributed by atoms with Gasteiger partial charge in [-0.1, -0.05) is 15.9 Å². The van der Waals surface area contributed by atoms with Gasteiger partial charge in [0.25, 0.3) is 0 Å². The number of nitrogens with two attached hydrogens (primary N) is 1. The number of aliphatic hydroxyl groups excluding tert-OH is 1. The first-order valence-electron chi connectivity index (χ1n) is 4.04. The van der Waals surface area contributed by atoms with Gasteiger partial charge in [-0.25, -0.2) is 0 Å². The average Bonchev–Trinajstić information content (AvgIpc) is 2.12. The number of benzene rings is 1. The van der Waals surface area contributed by atoms with Crippen LogP contribution >= 0.6 is 15.9 Å². The van der Waals surface area contributed by atoms with Crippen molar-refractivity contribution >= 4 is 15.9 Å². The first kappa shape index (κ1) is 8.99. The molecule has 0 aromatic heterocycles. The largest absolute Gasteiger partial charge is 0.490 e. The Kier molecular flexibility index (Phi) is 2.27. The molecule has 4 heteroatoms. The number of hydrogen-bond donors (Lipinski definition) is 2. The van der Waals surface area contributed by atoms with Gasteiger partial charge in [-0.05, 0) is 18.2 Å². The monoisotopic (exact) mass is 243 g/mol. The van der Waals surface area contributed by atoms with Crippen LogP contribution in [0.2, 0.25) is 0 Å². The second kappa shape index (κ2) is 3.29. The molecule has 1 aliphatic rings. The molecule has 0 saturated carbocycles. The second-order valence-corrected chi connectivity index (χ2v) is 4.00. The van der Waals surface area contributed by atoms with E-state index in [1.165, 1.54) is 0 Å². The molecule has 1 aromatic carbocycles. The second-order valence-electron chi connectivity index (χ2n) is 3.09. The van der Waals surface area contributed by atoms with Crippen LogP contribution in [0.15, 0.2) is 22.7 Å². The highest BCUT2D eigenvalue weighted by atomic mass is 79.9. The average molecular weight is 244 g/mol. The Hall–Kier alpha value is -0.580. The van der Waals surface area contributed by atoms with Crippen molar-refractivity contribution in [3.8, 4) is 5.75 Å². The smallest absolute Gasteiger partial charge is 0.124 e. The molecule has 0 bridgehead atoms. The third-order valence-corrected chi connectivity index (χ3v) is 2.65. The maximum Gasteiger partial charge on any atom is 0.124 e. The van der Waals surface area contributed by atoms with Gasteiger partial charge in [-0.2, -0.15) is 0 Å². The predicted molar refractivity (Wildman–Crippen MR) is 52.6 cm³/mol. The van der Waals surface area contributed by atoms with Crippen LogP contribution in [0.1, 0.15) is 11.6 Å². The van der Waals surface area contributed by atoms with Gasteiger partial charge in [-0.15, -0.1) is 0 Å². The van der Waals surface area contributed by atoms with Crippen molar-refractivity contribution in [1.29, 1.82) is 0 Å². The highest BCUT2D eigenvalue weighted by molar-refractivity contribution is 9.10. The van der Waals surface area contributed by atoms with Gasteiger partial charge in [0, 0.05) is 10.0 Å². The Morgan fingerprint density at radius 3 is 3.08 bits per heavy atom. The van der Waals surface area contributed by atoms with Crippen LogP contribution in [0.5, 0.6) is 5.75 Å². The van der Waals surface area contributed by atoms with Crippen LogP contribution in [-0.2, 0) is 0 Å². The molecule has 0 fully saturated rings. The van der Waals surface area contributed by atoms with Crippen LogP contribution in [0.4, 0.5) is 0 Å². The molecule has 1 aromatic rings. The Balaban J connectivity index is 2.45. The van der Waals surface area contributed by atoms with Crippen molar-refractivity contribution in [3.63, 3.8) is 0 Å². The molecular formula is C9H10BrNO2.